The Morgan fingerprint density at radius 2 is 2.13 bits per heavy atom. The van der Waals surface area contributed by atoms with Gasteiger partial charge in [-0.25, -0.2) is 8.42 Å². The number of hydrogen-bond acceptors (Lipinski definition) is 4. The Morgan fingerprint density at radius 1 is 1.47 bits per heavy atom. The minimum absolute atomic E-state index is 0.0680. The van der Waals surface area contributed by atoms with E-state index in [1.54, 1.807) is 7.11 Å². The van der Waals surface area contributed by atoms with Gasteiger partial charge in [0.05, 0.1) is 18.0 Å². The highest BCUT2D eigenvalue weighted by Gasteiger charge is 2.32. The normalized spacial score (nSPS) is 30.1. The SMILES string of the molecule is COCC(O)C1CCCC(S(C)(=O)=O)C1. The van der Waals surface area contributed by atoms with Crippen molar-refractivity contribution >= 4 is 9.84 Å². The fraction of sp³-hybridized carbons (Fsp3) is 1.00. The van der Waals surface area contributed by atoms with Crippen molar-refractivity contribution in [2.75, 3.05) is 20.0 Å². The van der Waals surface area contributed by atoms with Gasteiger partial charge in [-0.1, -0.05) is 6.42 Å². The van der Waals surface area contributed by atoms with Crippen LogP contribution in [0.15, 0.2) is 0 Å². The predicted molar refractivity (Wildman–Crippen MR) is 58.5 cm³/mol. The Morgan fingerprint density at radius 3 is 2.67 bits per heavy atom. The summed E-state index contributed by atoms with van der Waals surface area (Å²) in [6, 6.07) is 0. The van der Waals surface area contributed by atoms with Crippen molar-refractivity contribution in [1.82, 2.24) is 0 Å². The van der Waals surface area contributed by atoms with Crippen LogP contribution in [-0.2, 0) is 14.6 Å². The molecule has 0 aliphatic heterocycles. The van der Waals surface area contributed by atoms with Crippen molar-refractivity contribution in [2.45, 2.75) is 37.0 Å². The van der Waals surface area contributed by atoms with Gasteiger partial charge in [-0.05, 0) is 25.2 Å². The van der Waals surface area contributed by atoms with Gasteiger partial charge in [-0.2, -0.15) is 0 Å². The smallest absolute Gasteiger partial charge is 0.150 e. The van der Waals surface area contributed by atoms with Crippen LogP contribution in [0.1, 0.15) is 25.7 Å². The molecule has 5 heteroatoms. The molecule has 0 radical (unpaired) electrons. The molecule has 1 saturated carbocycles. The molecule has 1 aliphatic carbocycles. The van der Waals surface area contributed by atoms with Gasteiger partial charge in [0.25, 0.3) is 0 Å². The Labute approximate surface area is 91.6 Å². The number of aliphatic hydroxyl groups is 1. The third kappa shape index (κ3) is 3.74. The molecule has 0 spiro atoms. The Bertz CT molecular complexity index is 286. The van der Waals surface area contributed by atoms with Crippen LogP contribution in [0.4, 0.5) is 0 Å². The molecule has 3 atom stereocenters. The summed E-state index contributed by atoms with van der Waals surface area (Å²) in [6.45, 7) is 0.293. The van der Waals surface area contributed by atoms with E-state index in [1.807, 2.05) is 0 Å². The summed E-state index contributed by atoms with van der Waals surface area (Å²) in [7, 11) is -1.42. The molecule has 0 saturated heterocycles. The van der Waals surface area contributed by atoms with Crippen molar-refractivity contribution in [3.63, 3.8) is 0 Å². The second kappa shape index (κ2) is 5.27. The molecule has 3 unspecified atom stereocenters. The second-order valence-electron chi connectivity index (χ2n) is 4.40. The quantitative estimate of drug-likeness (QED) is 0.776. The molecule has 1 aliphatic rings. The first-order valence-corrected chi connectivity index (χ1v) is 7.26. The molecular weight excluding hydrogens is 216 g/mol. The van der Waals surface area contributed by atoms with E-state index in [4.69, 9.17) is 4.74 Å². The maximum absolute atomic E-state index is 11.4. The third-order valence-electron chi connectivity index (χ3n) is 3.15. The summed E-state index contributed by atoms with van der Waals surface area (Å²) in [5, 5.41) is 9.46. The highest BCUT2D eigenvalue weighted by atomic mass is 32.2. The highest BCUT2D eigenvalue weighted by Crippen LogP contribution is 2.30. The van der Waals surface area contributed by atoms with Gasteiger partial charge in [0, 0.05) is 13.4 Å². The van der Waals surface area contributed by atoms with Gasteiger partial charge in [0.2, 0.25) is 0 Å². The Kier molecular flexibility index (Phi) is 4.55. The van der Waals surface area contributed by atoms with E-state index in [2.05, 4.69) is 0 Å². The monoisotopic (exact) mass is 236 g/mol. The molecule has 0 amide bonds. The maximum Gasteiger partial charge on any atom is 0.150 e. The largest absolute Gasteiger partial charge is 0.390 e. The molecule has 0 aromatic carbocycles. The molecule has 1 N–H and O–H groups in total. The van der Waals surface area contributed by atoms with Gasteiger partial charge in [-0.15, -0.1) is 0 Å². The molecular formula is C10H20O4S. The lowest BCUT2D eigenvalue weighted by atomic mass is 9.85. The first-order valence-electron chi connectivity index (χ1n) is 5.31. The lowest BCUT2D eigenvalue weighted by molar-refractivity contribution is 0.0140. The molecule has 4 nitrogen and oxygen atoms in total. The van der Waals surface area contributed by atoms with Crippen molar-refractivity contribution in [1.29, 1.82) is 0 Å². The minimum Gasteiger partial charge on any atom is -0.390 e. The van der Waals surface area contributed by atoms with E-state index in [9.17, 15) is 13.5 Å². The van der Waals surface area contributed by atoms with Gasteiger partial charge < -0.3 is 9.84 Å². The maximum atomic E-state index is 11.4. The molecule has 0 heterocycles. The first-order chi connectivity index (χ1) is 6.95. The van der Waals surface area contributed by atoms with Crippen molar-refractivity contribution in [2.24, 2.45) is 5.92 Å². The van der Waals surface area contributed by atoms with Gasteiger partial charge in [-0.3, -0.25) is 0 Å². The summed E-state index contributed by atoms with van der Waals surface area (Å²) >= 11 is 0. The van der Waals surface area contributed by atoms with Crippen LogP contribution >= 0.6 is 0 Å². The molecule has 15 heavy (non-hydrogen) atoms. The average Bonchev–Trinajstić information content (AvgIpc) is 2.17. The van der Waals surface area contributed by atoms with Gasteiger partial charge in [0.15, 0.2) is 0 Å². The van der Waals surface area contributed by atoms with Crippen LogP contribution < -0.4 is 0 Å². The zero-order chi connectivity index (χ0) is 11.5. The summed E-state index contributed by atoms with van der Waals surface area (Å²) in [5.74, 6) is 0.0680. The average molecular weight is 236 g/mol. The van der Waals surface area contributed by atoms with Crippen molar-refractivity contribution in [3.05, 3.63) is 0 Å². The van der Waals surface area contributed by atoms with Crippen molar-refractivity contribution < 1.29 is 18.3 Å². The van der Waals surface area contributed by atoms with E-state index in [0.717, 1.165) is 19.3 Å². The topological polar surface area (TPSA) is 63.6 Å². The zero-order valence-corrected chi connectivity index (χ0v) is 10.2. The lowest BCUT2D eigenvalue weighted by Gasteiger charge is -2.30. The van der Waals surface area contributed by atoms with Gasteiger partial charge in [0.1, 0.15) is 9.84 Å². The van der Waals surface area contributed by atoms with Crippen molar-refractivity contribution in [3.8, 4) is 0 Å². The molecule has 0 aromatic heterocycles. The fourth-order valence-corrected chi connectivity index (χ4v) is 3.42. The van der Waals surface area contributed by atoms with E-state index in [-0.39, 0.29) is 11.2 Å². The number of hydrogen-bond donors (Lipinski definition) is 1. The van der Waals surface area contributed by atoms with Crippen LogP contribution in [0, 0.1) is 5.92 Å². The van der Waals surface area contributed by atoms with Gasteiger partial charge >= 0.3 is 0 Å². The predicted octanol–water partition coefficient (Wildman–Crippen LogP) is 0.597. The van der Waals surface area contributed by atoms with Crippen LogP contribution in [0.2, 0.25) is 0 Å². The van der Waals surface area contributed by atoms with E-state index in [0.29, 0.717) is 13.0 Å². The summed E-state index contributed by atoms with van der Waals surface area (Å²) < 4.78 is 27.7. The highest BCUT2D eigenvalue weighted by molar-refractivity contribution is 7.91. The fourth-order valence-electron chi connectivity index (χ4n) is 2.23. The Hall–Kier alpha value is -0.130. The molecule has 1 rings (SSSR count). The first kappa shape index (κ1) is 12.9. The van der Waals surface area contributed by atoms with Crippen LogP contribution in [0.3, 0.4) is 0 Å². The zero-order valence-electron chi connectivity index (χ0n) is 9.35. The number of methoxy groups -OCH3 is 1. The lowest BCUT2D eigenvalue weighted by Crippen LogP contribution is -2.35. The molecule has 0 aromatic rings. The minimum atomic E-state index is -2.96. The van der Waals surface area contributed by atoms with E-state index in [1.165, 1.54) is 6.26 Å². The molecule has 90 valence electrons. The third-order valence-corrected chi connectivity index (χ3v) is 4.79. The van der Waals surface area contributed by atoms with E-state index >= 15 is 0 Å². The number of aliphatic hydroxyl groups excluding tert-OH is 1. The summed E-state index contributed by atoms with van der Waals surface area (Å²) in [6.07, 6.45) is 3.83. The standard InChI is InChI=1S/C10H20O4S/c1-14-7-10(11)8-4-3-5-9(6-8)15(2,12)13/h8-11H,3-7H2,1-2H3. The molecule has 0 bridgehead atoms. The van der Waals surface area contributed by atoms with Crippen LogP contribution in [0.25, 0.3) is 0 Å². The number of ether oxygens (including phenoxy) is 1. The van der Waals surface area contributed by atoms with Crippen LogP contribution in [-0.4, -0.2) is 44.9 Å². The Balaban J connectivity index is 2.56. The second-order valence-corrected chi connectivity index (χ2v) is 6.73. The number of rotatable bonds is 4. The summed E-state index contributed by atoms with van der Waals surface area (Å²) in [5.41, 5.74) is 0. The summed E-state index contributed by atoms with van der Waals surface area (Å²) in [4.78, 5) is 0. The number of sulfone groups is 1. The van der Waals surface area contributed by atoms with Crippen LogP contribution in [0.5, 0.6) is 0 Å². The molecule has 1 fully saturated rings. The van der Waals surface area contributed by atoms with E-state index < -0.39 is 15.9 Å².